The van der Waals surface area contributed by atoms with Gasteiger partial charge in [-0.2, -0.15) is 0 Å². The predicted octanol–water partition coefficient (Wildman–Crippen LogP) is 2.26. The maximum atomic E-state index is 12.4. The van der Waals surface area contributed by atoms with Gasteiger partial charge in [-0.3, -0.25) is 4.79 Å². The van der Waals surface area contributed by atoms with Crippen molar-refractivity contribution < 1.29 is 19.1 Å². The molecular formula is C17H20N2O4S. The third kappa shape index (κ3) is 3.47. The fourth-order valence-corrected chi connectivity index (χ4v) is 3.76. The van der Waals surface area contributed by atoms with Gasteiger partial charge in [-0.05, 0) is 18.1 Å². The van der Waals surface area contributed by atoms with Crippen molar-refractivity contribution in [2.45, 2.75) is 31.1 Å². The van der Waals surface area contributed by atoms with E-state index in [2.05, 4.69) is 24.2 Å². The molecule has 2 unspecified atom stereocenters. The third-order valence-electron chi connectivity index (χ3n) is 3.72. The molecule has 24 heavy (non-hydrogen) atoms. The summed E-state index contributed by atoms with van der Waals surface area (Å²) in [6.07, 6.45) is -0.0978. The number of hydrogen-bond acceptors (Lipinski definition) is 6. The minimum atomic E-state index is -1.24. The van der Waals surface area contributed by atoms with Gasteiger partial charge in [-0.25, -0.2) is 9.79 Å². The molecule has 2 atom stereocenters. The molecule has 1 aromatic rings. The Balaban J connectivity index is 1.68. The number of cyclic esters (lactones) is 1. The van der Waals surface area contributed by atoms with E-state index in [0.717, 1.165) is 17.4 Å². The van der Waals surface area contributed by atoms with Crippen LogP contribution in [0, 0.1) is 5.92 Å². The minimum absolute atomic E-state index is 0.300. The molecule has 0 radical (unpaired) electrons. The van der Waals surface area contributed by atoms with Crippen LogP contribution in [0.1, 0.15) is 20.3 Å². The summed E-state index contributed by atoms with van der Waals surface area (Å²) in [6.45, 7) is 5.01. The number of hydrogen-bond donors (Lipinski definition) is 1. The number of esters is 1. The quantitative estimate of drug-likeness (QED) is 0.652. The standard InChI is InChI=1S/C17H20N2O4S/c1-11(2)9-22-10-13-8-17(15(21)23-13)14(20)19-16(24-17)18-12-6-4-3-5-7-12/h3-7,11,13H,8-10H2,1-2H3,(H,18,19,20). The Morgan fingerprint density at radius 1 is 1.38 bits per heavy atom. The Hall–Kier alpha value is -1.86. The van der Waals surface area contributed by atoms with Crippen LogP contribution in [0.5, 0.6) is 0 Å². The summed E-state index contributed by atoms with van der Waals surface area (Å²) < 4.78 is 9.65. The number of amides is 1. The van der Waals surface area contributed by atoms with Crippen molar-refractivity contribution in [2.75, 3.05) is 13.2 Å². The molecule has 6 nitrogen and oxygen atoms in total. The number of nitrogens with one attached hydrogen (secondary N) is 1. The molecular weight excluding hydrogens is 328 g/mol. The van der Waals surface area contributed by atoms with E-state index in [1.165, 1.54) is 0 Å². The van der Waals surface area contributed by atoms with Crippen LogP contribution in [0.25, 0.3) is 0 Å². The molecule has 2 fully saturated rings. The number of amidine groups is 1. The molecule has 2 aliphatic heterocycles. The van der Waals surface area contributed by atoms with Crippen molar-refractivity contribution in [1.29, 1.82) is 0 Å². The van der Waals surface area contributed by atoms with Crippen LogP contribution >= 0.6 is 11.8 Å². The summed E-state index contributed by atoms with van der Waals surface area (Å²) >= 11 is 1.13. The summed E-state index contributed by atoms with van der Waals surface area (Å²) in [5, 5.41) is 3.12. The topological polar surface area (TPSA) is 77.0 Å². The third-order valence-corrected chi connectivity index (χ3v) is 4.97. The van der Waals surface area contributed by atoms with Crippen LogP contribution in [0.2, 0.25) is 0 Å². The summed E-state index contributed by atoms with van der Waals surface area (Å²) in [7, 11) is 0. The molecule has 0 aromatic heterocycles. The maximum absolute atomic E-state index is 12.4. The van der Waals surface area contributed by atoms with Crippen LogP contribution in [-0.4, -0.2) is 41.1 Å². The van der Waals surface area contributed by atoms with Crippen LogP contribution < -0.4 is 5.32 Å². The summed E-state index contributed by atoms with van der Waals surface area (Å²) in [4.78, 5) is 29.1. The van der Waals surface area contributed by atoms with Gasteiger partial charge in [0.25, 0.3) is 5.91 Å². The number of carbonyl (C=O) groups excluding carboxylic acids is 2. The first-order valence-corrected chi connectivity index (χ1v) is 8.74. The molecule has 3 rings (SSSR count). The number of aliphatic imine (C=N–C) groups is 1. The Bertz CT molecular complexity index is 662. The highest BCUT2D eigenvalue weighted by Gasteiger charge is 2.60. The fraction of sp³-hybridized carbons (Fsp3) is 0.471. The first-order valence-electron chi connectivity index (χ1n) is 7.92. The molecule has 0 aliphatic carbocycles. The maximum Gasteiger partial charge on any atom is 0.332 e. The second-order valence-electron chi connectivity index (χ2n) is 6.30. The molecule has 7 heteroatoms. The number of carbonyl (C=O) groups is 2. The van der Waals surface area contributed by atoms with Crippen LogP contribution in [0.15, 0.2) is 35.3 Å². The van der Waals surface area contributed by atoms with Crippen molar-refractivity contribution in [1.82, 2.24) is 5.32 Å². The molecule has 2 heterocycles. The van der Waals surface area contributed by atoms with Gasteiger partial charge in [-0.1, -0.05) is 43.8 Å². The van der Waals surface area contributed by atoms with Gasteiger partial charge in [0.1, 0.15) is 6.10 Å². The number of thioether (sulfide) groups is 1. The van der Waals surface area contributed by atoms with E-state index < -0.39 is 16.8 Å². The molecule has 1 spiro atoms. The Labute approximate surface area is 145 Å². The highest BCUT2D eigenvalue weighted by atomic mass is 32.2. The normalized spacial score (nSPS) is 28.0. The Kier molecular flexibility index (Phi) is 4.91. The van der Waals surface area contributed by atoms with Crippen molar-refractivity contribution >= 4 is 34.5 Å². The number of para-hydroxylation sites is 1. The lowest BCUT2D eigenvalue weighted by Gasteiger charge is -2.12. The van der Waals surface area contributed by atoms with Gasteiger partial charge in [0.15, 0.2) is 5.17 Å². The van der Waals surface area contributed by atoms with E-state index in [4.69, 9.17) is 9.47 Å². The SMILES string of the molecule is CC(C)COCC1CC2(SC(=Nc3ccccc3)NC2=O)C(=O)O1. The number of ether oxygens (including phenoxy) is 2. The molecule has 2 aliphatic rings. The lowest BCUT2D eigenvalue weighted by Crippen LogP contribution is -2.40. The average Bonchev–Trinajstić information content (AvgIpc) is 3.01. The van der Waals surface area contributed by atoms with Crippen molar-refractivity contribution in [3.8, 4) is 0 Å². The van der Waals surface area contributed by atoms with Crippen LogP contribution in [0.4, 0.5) is 5.69 Å². The van der Waals surface area contributed by atoms with E-state index in [9.17, 15) is 9.59 Å². The largest absolute Gasteiger partial charge is 0.458 e. The number of benzene rings is 1. The zero-order valence-electron chi connectivity index (χ0n) is 13.7. The van der Waals surface area contributed by atoms with Gasteiger partial charge in [-0.15, -0.1) is 0 Å². The van der Waals surface area contributed by atoms with Crippen molar-refractivity contribution in [2.24, 2.45) is 10.9 Å². The monoisotopic (exact) mass is 348 g/mol. The zero-order valence-corrected chi connectivity index (χ0v) is 14.5. The van der Waals surface area contributed by atoms with E-state index in [1.807, 2.05) is 30.3 Å². The second kappa shape index (κ2) is 6.94. The number of rotatable bonds is 5. The van der Waals surface area contributed by atoms with E-state index in [0.29, 0.717) is 30.7 Å². The first kappa shape index (κ1) is 17.0. The first-order chi connectivity index (χ1) is 11.5. The molecule has 128 valence electrons. The molecule has 1 N–H and O–H groups in total. The van der Waals surface area contributed by atoms with Crippen LogP contribution in [0.3, 0.4) is 0 Å². The lowest BCUT2D eigenvalue weighted by atomic mass is 10.0. The fourth-order valence-electron chi connectivity index (χ4n) is 2.59. The van der Waals surface area contributed by atoms with E-state index in [-0.39, 0.29) is 5.91 Å². The molecule has 1 amide bonds. The highest BCUT2D eigenvalue weighted by molar-refractivity contribution is 8.17. The van der Waals surface area contributed by atoms with Gasteiger partial charge in [0, 0.05) is 13.0 Å². The number of nitrogens with zero attached hydrogens (tertiary/aromatic N) is 1. The summed E-state index contributed by atoms with van der Waals surface area (Å²) in [5.74, 6) is -0.468. The smallest absolute Gasteiger partial charge is 0.332 e. The van der Waals surface area contributed by atoms with Gasteiger partial charge < -0.3 is 14.8 Å². The Morgan fingerprint density at radius 2 is 2.12 bits per heavy atom. The van der Waals surface area contributed by atoms with Crippen molar-refractivity contribution in [3.05, 3.63) is 30.3 Å². The lowest BCUT2D eigenvalue weighted by molar-refractivity contribution is -0.146. The second-order valence-corrected chi connectivity index (χ2v) is 7.59. The van der Waals surface area contributed by atoms with E-state index in [1.54, 1.807) is 0 Å². The zero-order chi connectivity index (χ0) is 17.2. The van der Waals surface area contributed by atoms with Crippen molar-refractivity contribution in [3.63, 3.8) is 0 Å². The minimum Gasteiger partial charge on any atom is -0.458 e. The summed E-state index contributed by atoms with van der Waals surface area (Å²) in [5.41, 5.74) is 0.723. The predicted molar refractivity (Wildman–Crippen MR) is 92.2 cm³/mol. The molecule has 0 bridgehead atoms. The molecule has 1 aromatic carbocycles. The summed E-state index contributed by atoms with van der Waals surface area (Å²) in [6, 6.07) is 9.28. The molecule has 0 saturated carbocycles. The van der Waals surface area contributed by atoms with Gasteiger partial charge >= 0.3 is 5.97 Å². The highest BCUT2D eigenvalue weighted by Crippen LogP contribution is 2.43. The van der Waals surface area contributed by atoms with Crippen LogP contribution in [-0.2, 0) is 19.1 Å². The van der Waals surface area contributed by atoms with Gasteiger partial charge in [0.05, 0.1) is 12.3 Å². The van der Waals surface area contributed by atoms with Gasteiger partial charge in [0.2, 0.25) is 4.75 Å². The molecule has 2 saturated heterocycles. The average molecular weight is 348 g/mol. The van der Waals surface area contributed by atoms with E-state index >= 15 is 0 Å². The Morgan fingerprint density at radius 3 is 2.83 bits per heavy atom.